The molecule has 0 aliphatic rings. The third-order valence-corrected chi connectivity index (χ3v) is 4.78. The summed E-state index contributed by atoms with van der Waals surface area (Å²) in [5, 5.41) is 18.0. The zero-order chi connectivity index (χ0) is 17.7. The molecule has 0 bridgehead atoms. The van der Waals surface area contributed by atoms with Crippen LogP contribution in [0.15, 0.2) is 53.4 Å². The molecule has 0 aromatic heterocycles. The smallest absolute Gasteiger partial charge is 0.305 e. The summed E-state index contributed by atoms with van der Waals surface area (Å²) in [4.78, 5) is 10.8. The second-order valence-corrected chi connectivity index (χ2v) is 6.61. The van der Waals surface area contributed by atoms with Gasteiger partial charge in [0.05, 0.1) is 22.9 Å². The van der Waals surface area contributed by atoms with Gasteiger partial charge in [-0.15, -0.1) is 0 Å². The van der Waals surface area contributed by atoms with Gasteiger partial charge in [0, 0.05) is 0 Å². The maximum absolute atomic E-state index is 13.0. The van der Waals surface area contributed by atoms with Crippen molar-refractivity contribution in [3.8, 4) is 6.07 Å². The van der Waals surface area contributed by atoms with Crippen molar-refractivity contribution < 1.29 is 22.7 Å². The number of aliphatic carboxylic acids is 1. The first-order valence-electron chi connectivity index (χ1n) is 6.82. The van der Waals surface area contributed by atoms with Gasteiger partial charge in [-0.05, 0) is 29.8 Å². The van der Waals surface area contributed by atoms with Gasteiger partial charge in [0.25, 0.3) is 0 Å². The van der Waals surface area contributed by atoms with E-state index < -0.39 is 34.3 Å². The Balaban J connectivity index is 2.40. The molecule has 2 N–H and O–H groups in total. The number of nitrogens with one attached hydrogen (secondary N) is 1. The number of nitriles is 1. The van der Waals surface area contributed by atoms with Gasteiger partial charge in [0.1, 0.15) is 11.9 Å². The van der Waals surface area contributed by atoms with Crippen LogP contribution in [0.4, 0.5) is 4.39 Å². The molecule has 1 atom stereocenters. The monoisotopic (exact) mass is 348 g/mol. The van der Waals surface area contributed by atoms with Crippen molar-refractivity contribution in [3.63, 3.8) is 0 Å². The lowest BCUT2D eigenvalue weighted by Gasteiger charge is -2.18. The maximum atomic E-state index is 13.0. The lowest BCUT2D eigenvalue weighted by Crippen LogP contribution is -2.30. The minimum Gasteiger partial charge on any atom is -0.481 e. The number of carboxylic acids is 1. The standard InChI is InChI=1S/C16H13FN2O4S/c17-13-7-5-11(6-8-13)14(9-16(20)21)19-24(22,23)15-4-2-1-3-12(15)10-18/h1-8,14,19H,9H2,(H,20,21)/t14-/m1/s1. The number of halogens is 1. The predicted octanol–water partition coefficient (Wildman–Crippen LogP) is 2.19. The van der Waals surface area contributed by atoms with E-state index in [1.807, 2.05) is 0 Å². The van der Waals surface area contributed by atoms with E-state index in [1.54, 1.807) is 6.07 Å². The Morgan fingerprint density at radius 3 is 2.42 bits per heavy atom. The van der Waals surface area contributed by atoms with Crippen molar-refractivity contribution in [2.45, 2.75) is 17.4 Å². The molecule has 0 aliphatic heterocycles. The van der Waals surface area contributed by atoms with Crippen LogP contribution in [0, 0.1) is 17.1 Å². The van der Waals surface area contributed by atoms with Gasteiger partial charge in [0.15, 0.2) is 0 Å². The first kappa shape index (κ1) is 17.6. The molecule has 0 fully saturated rings. The Kier molecular flexibility index (Phi) is 5.28. The minimum absolute atomic E-state index is 0.0572. The molecule has 0 aliphatic carbocycles. The molecule has 0 spiro atoms. The van der Waals surface area contributed by atoms with E-state index in [9.17, 15) is 17.6 Å². The SMILES string of the molecule is N#Cc1ccccc1S(=O)(=O)N[C@H](CC(=O)O)c1ccc(F)cc1. The van der Waals surface area contributed by atoms with E-state index in [0.29, 0.717) is 5.56 Å². The molecule has 2 aromatic carbocycles. The first-order chi connectivity index (χ1) is 11.3. The number of hydrogen-bond acceptors (Lipinski definition) is 4. The third kappa shape index (κ3) is 4.16. The zero-order valence-electron chi connectivity index (χ0n) is 12.3. The van der Waals surface area contributed by atoms with Crippen LogP contribution in [-0.2, 0) is 14.8 Å². The molecule has 24 heavy (non-hydrogen) atoms. The highest BCUT2D eigenvalue weighted by Crippen LogP contribution is 2.22. The van der Waals surface area contributed by atoms with Crippen LogP contribution >= 0.6 is 0 Å². The van der Waals surface area contributed by atoms with E-state index in [2.05, 4.69) is 4.72 Å². The second-order valence-electron chi connectivity index (χ2n) is 4.93. The highest BCUT2D eigenvalue weighted by molar-refractivity contribution is 7.89. The van der Waals surface area contributed by atoms with Gasteiger partial charge in [-0.1, -0.05) is 24.3 Å². The van der Waals surface area contributed by atoms with Crippen molar-refractivity contribution in [2.24, 2.45) is 0 Å². The van der Waals surface area contributed by atoms with Gasteiger partial charge in [0.2, 0.25) is 10.0 Å². The third-order valence-electron chi connectivity index (χ3n) is 3.25. The van der Waals surface area contributed by atoms with E-state index in [4.69, 9.17) is 10.4 Å². The molecule has 2 aromatic rings. The Morgan fingerprint density at radius 1 is 1.21 bits per heavy atom. The van der Waals surface area contributed by atoms with E-state index in [1.165, 1.54) is 36.4 Å². The van der Waals surface area contributed by atoms with Gasteiger partial charge in [-0.3, -0.25) is 4.79 Å². The first-order valence-corrected chi connectivity index (χ1v) is 8.30. The minimum atomic E-state index is -4.14. The normalized spacial score (nSPS) is 12.3. The molecule has 0 saturated heterocycles. The van der Waals surface area contributed by atoms with Crippen LogP contribution in [0.5, 0.6) is 0 Å². The summed E-state index contributed by atoms with van der Waals surface area (Å²) in [5.41, 5.74) is 0.245. The molecular weight excluding hydrogens is 335 g/mol. The summed E-state index contributed by atoms with van der Waals surface area (Å²) in [6.45, 7) is 0. The molecular formula is C16H13FN2O4S. The van der Waals surface area contributed by atoms with E-state index in [0.717, 1.165) is 12.1 Å². The van der Waals surface area contributed by atoms with Crippen LogP contribution in [0.3, 0.4) is 0 Å². The molecule has 0 amide bonds. The fourth-order valence-corrected chi connectivity index (χ4v) is 3.52. The van der Waals surface area contributed by atoms with Crippen molar-refractivity contribution >= 4 is 16.0 Å². The fourth-order valence-electron chi connectivity index (χ4n) is 2.14. The van der Waals surface area contributed by atoms with Crippen LogP contribution in [0.25, 0.3) is 0 Å². The number of rotatable bonds is 6. The molecule has 0 heterocycles. The van der Waals surface area contributed by atoms with Crippen LogP contribution in [0.1, 0.15) is 23.6 Å². The van der Waals surface area contributed by atoms with Gasteiger partial charge in [-0.2, -0.15) is 5.26 Å². The molecule has 0 radical (unpaired) electrons. The molecule has 8 heteroatoms. The fraction of sp³-hybridized carbons (Fsp3) is 0.125. The average molecular weight is 348 g/mol. The number of sulfonamides is 1. The number of carbonyl (C=O) groups is 1. The highest BCUT2D eigenvalue weighted by atomic mass is 32.2. The molecule has 0 saturated carbocycles. The lowest BCUT2D eigenvalue weighted by atomic mass is 10.1. The number of hydrogen-bond donors (Lipinski definition) is 2. The van der Waals surface area contributed by atoms with Crippen molar-refractivity contribution in [1.82, 2.24) is 4.72 Å². The summed E-state index contributed by atoms with van der Waals surface area (Å²) in [5.74, 6) is -1.74. The Labute approximate surface area is 138 Å². The van der Waals surface area contributed by atoms with Gasteiger partial charge in [-0.25, -0.2) is 17.5 Å². The highest BCUT2D eigenvalue weighted by Gasteiger charge is 2.25. The largest absolute Gasteiger partial charge is 0.481 e. The van der Waals surface area contributed by atoms with Gasteiger partial charge < -0.3 is 5.11 Å². The van der Waals surface area contributed by atoms with Crippen LogP contribution in [-0.4, -0.2) is 19.5 Å². The molecule has 0 unspecified atom stereocenters. The maximum Gasteiger partial charge on any atom is 0.305 e. The second kappa shape index (κ2) is 7.21. The Morgan fingerprint density at radius 2 is 1.83 bits per heavy atom. The lowest BCUT2D eigenvalue weighted by molar-refractivity contribution is -0.137. The van der Waals surface area contributed by atoms with Crippen LogP contribution in [0.2, 0.25) is 0 Å². The quantitative estimate of drug-likeness (QED) is 0.832. The number of nitrogens with zero attached hydrogens (tertiary/aromatic N) is 1. The van der Waals surface area contributed by atoms with Gasteiger partial charge >= 0.3 is 5.97 Å². The Bertz CT molecular complexity index is 889. The number of benzene rings is 2. The van der Waals surface area contributed by atoms with Crippen molar-refractivity contribution in [3.05, 3.63) is 65.5 Å². The number of carboxylic acid groups (broad SMARTS) is 1. The molecule has 6 nitrogen and oxygen atoms in total. The summed E-state index contributed by atoms with van der Waals surface area (Å²) in [7, 11) is -4.14. The van der Waals surface area contributed by atoms with E-state index in [-0.39, 0.29) is 10.5 Å². The summed E-state index contributed by atoms with van der Waals surface area (Å²) < 4.78 is 40.3. The molecule has 124 valence electrons. The summed E-state index contributed by atoms with van der Waals surface area (Å²) >= 11 is 0. The Hall–Kier alpha value is -2.76. The summed E-state index contributed by atoms with van der Waals surface area (Å²) in [6.07, 6.45) is -0.528. The summed E-state index contributed by atoms with van der Waals surface area (Å²) in [6, 6.07) is 11.1. The molecule has 2 rings (SSSR count). The van der Waals surface area contributed by atoms with Crippen LogP contribution < -0.4 is 4.72 Å². The zero-order valence-corrected chi connectivity index (χ0v) is 13.1. The average Bonchev–Trinajstić information content (AvgIpc) is 2.54. The van der Waals surface area contributed by atoms with E-state index >= 15 is 0 Å². The van der Waals surface area contributed by atoms with Crippen molar-refractivity contribution in [1.29, 1.82) is 5.26 Å². The predicted molar refractivity (Wildman–Crippen MR) is 82.9 cm³/mol. The van der Waals surface area contributed by atoms with Crippen molar-refractivity contribution in [2.75, 3.05) is 0 Å². The topological polar surface area (TPSA) is 107 Å².